The van der Waals surface area contributed by atoms with Crippen molar-refractivity contribution < 1.29 is 14.6 Å². The molecule has 1 aliphatic rings. The van der Waals surface area contributed by atoms with Gasteiger partial charge in [0.05, 0.1) is 6.61 Å². The number of benzene rings is 2. The van der Waals surface area contributed by atoms with E-state index in [-0.39, 0.29) is 12.6 Å². The Balaban J connectivity index is 1.74. The highest BCUT2D eigenvalue weighted by Crippen LogP contribution is 2.33. The van der Waals surface area contributed by atoms with Gasteiger partial charge in [0.15, 0.2) is 0 Å². The number of carbonyl (C=O) groups is 1. The van der Waals surface area contributed by atoms with Crippen molar-refractivity contribution in [3.8, 4) is 11.1 Å². The van der Waals surface area contributed by atoms with Crippen molar-refractivity contribution in [2.24, 2.45) is 0 Å². The van der Waals surface area contributed by atoms with Crippen LogP contribution in [0.2, 0.25) is 0 Å². The van der Waals surface area contributed by atoms with Crippen LogP contribution in [0.4, 0.5) is 0 Å². The molecule has 2 aromatic carbocycles. The Morgan fingerprint density at radius 3 is 2.34 bits per heavy atom. The molecule has 0 aromatic heterocycles. The van der Waals surface area contributed by atoms with Gasteiger partial charge in [-0.25, -0.2) is 4.79 Å². The second kappa shape index (κ2) is 10.4. The number of esters is 1. The molecule has 0 heterocycles. The van der Waals surface area contributed by atoms with Crippen LogP contribution in [-0.4, -0.2) is 24.3 Å². The first-order valence-electron chi connectivity index (χ1n) is 10.7. The van der Waals surface area contributed by atoms with Crippen LogP contribution >= 0.6 is 0 Å². The molecule has 2 aromatic rings. The summed E-state index contributed by atoms with van der Waals surface area (Å²) in [6, 6.07) is 15.4. The summed E-state index contributed by atoms with van der Waals surface area (Å²) in [5, 5.41) is 9.37. The number of carbonyl (C=O) groups excluding carboxylic acids is 1. The molecule has 1 saturated carbocycles. The molecule has 3 rings (SSSR count). The summed E-state index contributed by atoms with van der Waals surface area (Å²) in [7, 11) is 0. The fourth-order valence-corrected chi connectivity index (χ4v) is 4.16. The van der Waals surface area contributed by atoms with Gasteiger partial charge in [0.2, 0.25) is 0 Å². The predicted octanol–water partition coefficient (Wildman–Crippen LogP) is 5.60. The summed E-state index contributed by atoms with van der Waals surface area (Å²) in [5.41, 5.74) is 6.43. The molecule has 0 aliphatic heterocycles. The smallest absolute Gasteiger partial charge is 0.333 e. The molecule has 154 valence electrons. The Hall–Kier alpha value is -2.39. The lowest BCUT2D eigenvalue weighted by molar-refractivity contribution is -0.138. The summed E-state index contributed by atoms with van der Waals surface area (Å²) in [6.07, 6.45) is 7.91. The molecule has 0 bridgehead atoms. The molecule has 1 N–H and O–H groups in total. The maximum atomic E-state index is 11.6. The highest BCUT2D eigenvalue weighted by Gasteiger charge is 2.15. The fourth-order valence-electron chi connectivity index (χ4n) is 4.16. The quantitative estimate of drug-likeness (QED) is 0.470. The maximum absolute atomic E-state index is 11.6. The minimum absolute atomic E-state index is 0.105. The zero-order chi connectivity index (χ0) is 20.6. The molecule has 0 amide bonds. The Bertz CT molecular complexity index is 830. The second-order valence-corrected chi connectivity index (χ2v) is 8.08. The largest absolute Gasteiger partial charge is 0.462 e. The normalized spacial score (nSPS) is 14.6. The molecule has 29 heavy (non-hydrogen) atoms. The highest BCUT2D eigenvalue weighted by atomic mass is 16.5. The van der Waals surface area contributed by atoms with E-state index in [9.17, 15) is 9.90 Å². The Morgan fingerprint density at radius 1 is 1.00 bits per heavy atom. The molecule has 0 atom stereocenters. The van der Waals surface area contributed by atoms with Gasteiger partial charge in [-0.15, -0.1) is 0 Å². The summed E-state index contributed by atoms with van der Waals surface area (Å²) >= 11 is 0. The number of aliphatic hydroxyl groups is 1. The number of hydrogen-bond donors (Lipinski definition) is 1. The van der Waals surface area contributed by atoms with Crippen LogP contribution in [-0.2, 0) is 22.4 Å². The zero-order valence-corrected chi connectivity index (χ0v) is 17.5. The van der Waals surface area contributed by atoms with Crippen LogP contribution in [0.5, 0.6) is 0 Å². The van der Waals surface area contributed by atoms with Crippen molar-refractivity contribution in [1.82, 2.24) is 0 Å². The third kappa shape index (κ3) is 5.80. The van der Waals surface area contributed by atoms with Crippen LogP contribution < -0.4 is 0 Å². The van der Waals surface area contributed by atoms with Crippen molar-refractivity contribution in [2.45, 2.75) is 57.8 Å². The monoisotopic (exact) mass is 392 g/mol. The van der Waals surface area contributed by atoms with Crippen molar-refractivity contribution in [1.29, 1.82) is 0 Å². The molecule has 3 heteroatoms. The van der Waals surface area contributed by atoms with E-state index in [1.54, 1.807) is 6.92 Å². The van der Waals surface area contributed by atoms with Gasteiger partial charge in [-0.2, -0.15) is 0 Å². The molecule has 1 fully saturated rings. The van der Waals surface area contributed by atoms with Gasteiger partial charge < -0.3 is 9.84 Å². The number of rotatable bonds is 8. The predicted molar refractivity (Wildman–Crippen MR) is 118 cm³/mol. The Morgan fingerprint density at radius 2 is 1.69 bits per heavy atom. The summed E-state index contributed by atoms with van der Waals surface area (Å²) in [6.45, 7) is 5.68. The molecular formula is C26H32O3. The van der Waals surface area contributed by atoms with Gasteiger partial charge in [-0.3, -0.25) is 0 Å². The summed E-state index contributed by atoms with van der Waals surface area (Å²) in [4.78, 5) is 11.6. The molecule has 3 nitrogen and oxygen atoms in total. The molecule has 0 spiro atoms. The van der Waals surface area contributed by atoms with Crippen molar-refractivity contribution in [3.63, 3.8) is 0 Å². The van der Waals surface area contributed by atoms with Gasteiger partial charge in [0, 0.05) is 18.6 Å². The average Bonchev–Trinajstić information content (AvgIpc) is 2.75. The van der Waals surface area contributed by atoms with Gasteiger partial charge >= 0.3 is 5.97 Å². The topological polar surface area (TPSA) is 46.5 Å². The van der Waals surface area contributed by atoms with E-state index < -0.39 is 0 Å². The minimum Gasteiger partial charge on any atom is -0.462 e. The first-order chi connectivity index (χ1) is 14.1. The van der Waals surface area contributed by atoms with Crippen molar-refractivity contribution in [2.75, 3.05) is 13.2 Å². The average molecular weight is 393 g/mol. The number of ether oxygens (including phenoxy) is 1. The van der Waals surface area contributed by atoms with Gasteiger partial charge in [0.25, 0.3) is 0 Å². The lowest BCUT2D eigenvalue weighted by atomic mass is 9.83. The fraction of sp³-hybridized carbons (Fsp3) is 0.423. The lowest BCUT2D eigenvalue weighted by Gasteiger charge is -2.22. The minimum atomic E-state index is -0.358. The number of aliphatic hydroxyl groups excluding tert-OH is 1. The molecular weight excluding hydrogens is 360 g/mol. The summed E-state index contributed by atoms with van der Waals surface area (Å²) in [5.74, 6) is 0.353. The van der Waals surface area contributed by atoms with E-state index in [2.05, 4.69) is 49.0 Å². The molecule has 0 saturated heterocycles. The van der Waals surface area contributed by atoms with Crippen LogP contribution in [0.15, 0.2) is 54.6 Å². The highest BCUT2D eigenvalue weighted by molar-refractivity contribution is 5.86. The SMILES string of the molecule is C=C(C)C(=O)OCCc1cc(-c2ccc(C3CCCCC3)cc2)ccc1CCO. The van der Waals surface area contributed by atoms with E-state index in [0.29, 0.717) is 30.9 Å². The summed E-state index contributed by atoms with van der Waals surface area (Å²) < 4.78 is 5.27. The second-order valence-electron chi connectivity index (χ2n) is 8.08. The standard InChI is InChI=1S/C26H32O3/c1-19(2)26(28)29-17-15-25-18-24(13-12-23(25)14-16-27)22-10-8-21(9-11-22)20-6-4-3-5-7-20/h8-13,18,20,27H,1,3-7,14-17H2,2H3. The van der Waals surface area contributed by atoms with Crippen LogP contribution in [0.25, 0.3) is 11.1 Å². The third-order valence-corrected chi connectivity index (χ3v) is 5.86. The van der Waals surface area contributed by atoms with Crippen molar-refractivity contribution in [3.05, 3.63) is 71.3 Å². The van der Waals surface area contributed by atoms with E-state index >= 15 is 0 Å². The van der Waals surface area contributed by atoms with Crippen molar-refractivity contribution >= 4 is 5.97 Å². The number of hydrogen-bond acceptors (Lipinski definition) is 3. The third-order valence-electron chi connectivity index (χ3n) is 5.86. The molecule has 0 unspecified atom stereocenters. The Kier molecular flexibility index (Phi) is 7.65. The van der Waals surface area contributed by atoms with E-state index in [1.165, 1.54) is 43.2 Å². The molecule has 1 aliphatic carbocycles. The zero-order valence-electron chi connectivity index (χ0n) is 17.5. The van der Waals surface area contributed by atoms with Gasteiger partial charge in [0.1, 0.15) is 0 Å². The lowest BCUT2D eigenvalue weighted by Crippen LogP contribution is -2.09. The van der Waals surface area contributed by atoms with Gasteiger partial charge in [-0.1, -0.05) is 68.3 Å². The van der Waals surface area contributed by atoms with E-state index in [0.717, 1.165) is 16.7 Å². The van der Waals surface area contributed by atoms with Crippen LogP contribution in [0, 0.1) is 0 Å². The van der Waals surface area contributed by atoms with E-state index in [4.69, 9.17) is 4.74 Å². The molecule has 0 radical (unpaired) electrons. The Labute approximate surface area is 174 Å². The van der Waals surface area contributed by atoms with E-state index in [1.807, 2.05) is 0 Å². The maximum Gasteiger partial charge on any atom is 0.333 e. The first-order valence-corrected chi connectivity index (χ1v) is 10.7. The van der Waals surface area contributed by atoms with Crippen LogP contribution in [0.3, 0.4) is 0 Å². The first kappa shape index (κ1) is 21.3. The van der Waals surface area contributed by atoms with Crippen LogP contribution in [0.1, 0.15) is 61.6 Å². The van der Waals surface area contributed by atoms with Gasteiger partial charge in [-0.05, 0) is 59.9 Å².